The Bertz CT molecular complexity index is 624. The lowest BCUT2D eigenvalue weighted by atomic mass is 10.0. The van der Waals surface area contributed by atoms with Crippen molar-refractivity contribution in [1.29, 1.82) is 0 Å². The van der Waals surface area contributed by atoms with Gasteiger partial charge in [0.1, 0.15) is 5.82 Å². The number of aryl methyl sites for hydroxylation is 1. The number of carbonyl (C=O) groups excluding carboxylic acids is 1. The van der Waals surface area contributed by atoms with Crippen molar-refractivity contribution in [2.45, 2.75) is 31.7 Å². The van der Waals surface area contributed by atoms with E-state index in [9.17, 15) is 9.18 Å². The molecule has 0 radical (unpaired) electrons. The topological polar surface area (TPSA) is 20.3 Å². The van der Waals surface area contributed by atoms with Crippen molar-refractivity contribution in [1.82, 2.24) is 4.90 Å². The number of halogens is 1. The van der Waals surface area contributed by atoms with Crippen molar-refractivity contribution < 1.29 is 9.18 Å². The second-order valence-electron chi connectivity index (χ2n) is 5.78. The molecule has 0 bridgehead atoms. The molecule has 1 atom stereocenters. The van der Waals surface area contributed by atoms with Crippen LogP contribution in [0.4, 0.5) is 4.39 Å². The SMILES string of the molecule is O=C(CCc1ccccc1)N1CCCC1c1ccc(F)cc1. The molecule has 22 heavy (non-hydrogen) atoms. The molecule has 1 saturated heterocycles. The van der Waals surface area contributed by atoms with Crippen LogP contribution in [-0.2, 0) is 11.2 Å². The van der Waals surface area contributed by atoms with E-state index in [1.54, 1.807) is 12.1 Å². The van der Waals surface area contributed by atoms with Crippen molar-refractivity contribution in [3.8, 4) is 0 Å². The average molecular weight is 297 g/mol. The van der Waals surface area contributed by atoms with Gasteiger partial charge in [-0.2, -0.15) is 0 Å². The summed E-state index contributed by atoms with van der Waals surface area (Å²) in [5, 5.41) is 0. The highest BCUT2D eigenvalue weighted by molar-refractivity contribution is 5.77. The van der Waals surface area contributed by atoms with Crippen molar-refractivity contribution in [3.63, 3.8) is 0 Å². The van der Waals surface area contributed by atoms with E-state index in [1.807, 2.05) is 23.1 Å². The molecule has 2 nitrogen and oxygen atoms in total. The van der Waals surface area contributed by atoms with E-state index in [0.29, 0.717) is 6.42 Å². The number of benzene rings is 2. The summed E-state index contributed by atoms with van der Waals surface area (Å²) < 4.78 is 13.1. The van der Waals surface area contributed by atoms with Gasteiger partial charge < -0.3 is 4.90 Å². The molecule has 3 heteroatoms. The molecule has 1 unspecified atom stereocenters. The Morgan fingerprint density at radius 2 is 1.82 bits per heavy atom. The van der Waals surface area contributed by atoms with Crippen LogP contribution in [0.25, 0.3) is 0 Å². The van der Waals surface area contributed by atoms with Crippen LogP contribution < -0.4 is 0 Å². The van der Waals surface area contributed by atoms with Gasteiger partial charge in [0.2, 0.25) is 5.91 Å². The molecule has 1 heterocycles. The molecule has 2 aromatic rings. The minimum Gasteiger partial charge on any atom is -0.336 e. The second-order valence-corrected chi connectivity index (χ2v) is 5.78. The van der Waals surface area contributed by atoms with Gasteiger partial charge in [-0.05, 0) is 42.5 Å². The van der Waals surface area contributed by atoms with Crippen LogP contribution in [0.3, 0.4) is 0 Å². The van der Waals surface area contributed by atoms with Gasteiger partial charge in [0.25, 0.3) is 0 Å². The summed E-state index contributed by atoms with van der Waals surface area (Å²) in [4.78, 5) is 14.5. The Labute approximate surface area is 130 Å². The molecular formula is C19H20FNO. The highest BCUT2D eigenvalue weighted by Gasteiger charge is 2.29. The maximum absolute atomic E-state index is 13.1. The Morgan fingerprint density at radius 3 is 2.55 bits per heavy atom. The van der Waals surface area contributed by atoms with Crippen LogP contribution in [0.1, 0.15) is 36.4 Å². The zero-order valence-corrected chi connectivity index (χ0v) is 12.5. The fraction of sp³-hybridized carbons (Fsp3) is 0.316. The summed E-state index contributed by atoms with van der Waals surface area (Å²) in [6.45, 7) is 0.801. The first-order valence-electron chi connectivity index (χ1n) is 7.83. The van der Waals surface area contributed by atoms with Gasteiger partial charge in [-0.3, -0.25) is 4.79 Å². The fourth-order valence-corrected chi connectivity index (χ4v) is 3.14. The Hall–Kier alpha value is -2.16. The molecule has 1 amide bonds. The molecule has 0 aliphatic carbocycles. The monoisotopic (exact) mass is 297 g/mol. The van der Waals surface area contributed by atoms with Crippen molar-refractivity contribution in [3.05, 3.63) is 71.5 Å². The van der Waals surface area contributed by atoms with Crippen LogP contribution in [0.15, 0.2) is 54.6 Å². The summed E-state index contributed by atoms with van der Waals surface area (Å²) >= 11 is 0. The van der Waals surface area contributed by atoms with Gasteiger partial charge in [0, 0.05) is 13.0 Å². The first kappa shape index (κ1) is 14.8. The standard InChI is InChI=1S/C19H20FNO/c20-17-11-9-16(10-12-17)18-7-4-14-21(18)19(22)13-8-15-5-2-1-3-6-15/h1-3,5-6,9-12,18H,4,7-8,13-14H2. The molecule has 0 saturated carbocycles. The van der Waals surface area contributed by atoms with Gasteiger partial charge in [-0.25, -0.2) is 4.39 Å². The number of likely N-dealkylation sites (tertiary alicyclic amines) is 1. The Balaban J connectivity index is 1.65. The fourth-order valence-electron chi connectivity index (χ4n) is 3.14. The molecule has 3 rings (SSSR count). The second kappa shape index (κ2) is 6.73. The van der Waals surface area contributed by atoms with E-state index >= 15 is 0 Å². The van der Waals surface area contributed by atoms with Crippen LogP contribution in [0.5, 0.6) is 0 Å². The number of amides is 1. The van der Waals surface area contributed by atoms with Gasteiger partial charge in [-0.1, -0.05) is 42.5 Å². The molecule has 0 spiro atoms. The van der Waals surface area contributed by atoms with Gasteiger partial charge in [0.15, 0.2) is 0 Å². The summed E-state index contributed by atoms with van der Waals surface area (Å²) in [5.41, 5.74) is 2.22. The highest BCUT2D eigenvalue weighted by atomic mass is 19.1. The van der Waals surface area contributed by atoms with E-state index in [0.717, 1.165) is 31.4 Å². The first-order valence-corrected chi connectivity index (χ1v) is 7.83. The maximum Gasteiger partial charge on any atom is 0.223 e. The minimum absolute atomic E-state index is 0.101. The Kier molecular flexibility index (Phi) is 4.52. The third-order valence-corrected chi connectivity index (χ3v) is 4.30. The van der Waals surface area contributed by atoms with Crippen LogP contribution in [0.2, 0.25) is 0 Å². The molecule has 1 aliphatic rings. The normalized spacial score (nSPS) is 17.7. The highest BCUT2D eigenvalue weighted by Crippen LogP contribution is 2.32. The van der Waals surface area contributed by atoms with E-state index in [2.05, 4.69) is 12.1 Å². The van der Waals surface area contributed by atoms with E-state index in [-0.39, 0.29) is 17.8 Å². The first-order chi connectivity index (χ1) is 10.7. The molecule has 1 fully saturated rings. The average Bonchev–Trinajstić information content (AvgIpc) is 3.04. The lowest BCUT2D eigenvalue weighted by molar-refractivity contribution is -0.132. The quantitative estimate of drug-likeness (QED) is 0.831. The van der Waals surface area contributed by atoms with Gasteiger partial charge in [-0.15, -0.1) is 0 Å². The van der Waals surface area contributed by atoms with Gasteiger partial charge in [0.05, 0.1) is 6.04 Å². The van der Waals surface area contributed by atoms with Crippen molar-refractivity contribution in [2.75, 3.05) is 6.54 Å². The molecule has 114 valence electrons. The van der Waals surface area contributed by atoms with Crippen LogP contribution in [-0.4, -0.2) is 17.4 Å². The zero-order chi connectivity index (χ0) is 15.4. The molecule has 0 N–H and O–H groups in total. The lowest BCUT2D eigenvalue weighted by Crippen LogP contribution is -2.30. The van der Waals surface area contributed by atoms with Gasteiger partial charge >= 0.3 is 0 Å². The van der Waals surface area contributed by atoms with E-state index in [4.69, 9.17) is 0 Å². The summed E-state index contributed by atoms with van der Waals surface area (Å²) in [6.07, 6.45) is 3.27. The Morgan fingerprint density at radius 1 is 1.09 bits per heavy atom. The van der Waals surface area contributed by atoms with Crippen molar-refractivity contribution in [2.24, 2.45) is 0 Å². The summed E-state index contributed by atoms with van der Waals surface area (Å²) in [5.74, 6) is -0.0422. The third kappa shape index (κ3) is 3.35. The van der Waals surface area contributed by atoms with Crippen LogP contribution >= 0.6 is 0 Å². The largest absolute Gasteiger partial charge is 0.336 e. The summed E-state index contributed by atoms with van der Waals surface area (Å²) in [6, 6.07) is 16.7. The number of hydrogen-bond acceptors (Lipinski definition) is 1. The molecule has 1 aliphatic heterocycles. The summed E-state index contributed by atoms with van der Waals surface area (Å²) in [7, 11) is 0. The molecule has 0 aromatic heterocycles. The predicted molar refractivity (Wildman–Crippen MR) is 84.9 cm³/mol. The number of rotatable bonds is 4. The predicted octanol–water partition coefficient (Wildman–Crippen LogP) is 4.12. The third-order valence-electron chi connectivity index (χ3n) is 4.30. The molecular weight excluding hydrogens is 277 g/mol. The van der Waals surface area contributed by atoms with Crippen molar-refractivity contribution >= 4 is 5.91 Å². The smallest absolute Gasteiger partial charge is 0.223 e. The minimum atomic E-state index is -0.233. The lowest BCUT2D eigenvalue weighted by Gasteiger charge is -2.25. The van der Waals surface area contributed by atoms with E-state index < -0.39 is 0 Å². The zero-order valence-electron chi connectivity index (χ0n) is 12.5. The van der Waals surface area contributed by atoms with Crippen LogP contribution in [0, 0.1) is 5.82 Å². The van der Waals surface area contributed by atoms with E-state index in [1.165, 1.54) is 17.7 Å². The number of carbonyl (C=O) groups is 1. The maximum atomic E-state index is 13.1. The number of hydrogen-bond donors (Lipinski definition) is 0. The molecule has 2 aromatic carbocycles. The number of nitrogens with zero attached hydrogens (tertiary/aromatic N) is 1.